The van der Waals surface area contributed by atoms with E-state index < -0.39 is 5.54 Å². The number of rotatable bonds is 3. The van der Waals surface area contributed by atoms with Gasteiger partial charge in [-0.1, -0.05) is 24.3 Å². The molecule has 2 aliphatic rings. The number of amides is 3. The Morgan fingerprint density at radius 1 is 1.24 bits per heavy atom. The fourth-order valence-electron chi connectivity index (χ4n) is 4.13. The van der Waals surface area contributed by atoms with Crippen molar-refractivity contribution in [3.63, 3.8) is 0 Å². The number of carbonyl (C=O) groups excluding carboxylic acids is 3. The average Bonchev–Trinajstić information content (AvgIpc) is 2.99. The predicted molar refractivity (Wildman–Crippen MR) is 93.6 cm³/mol. The zero-order valence-electron chi connectivity index (χ0n) is 14.9. The molecule has 3 rings (SSSR count). The second-order valence-electron chi connectivity index (χ2n) is 6.90. The third-order valence-electron chi connectivity index (χ3n) is 5.40. The Bertz CT molecular complexity index is 703. The molecule has 3 amide bonds. The molecule has 25 heavy (non-hydrogen) atoms. The normalized spacial score (nSPS) is 22.7. The van der Waals surface area contributed by atoms with E-state index in [0.717, 1.165) is 17.5 Å². The first-order valence-electron chi connectivity index (χ1n) is 8.83. The summed E-state index contributed by atoms with van der Waals surface area (Å²) in [6.45, 7) is 3.00. The summed E-state index contributed by atoms with van der Waals surface area (Å²) in [4.78, 5) is 40.8. The lowest BCUT2D eigenvalue weighted by Gasteiger charge is -2.38. The predicted octanol–water partition coefficient (Wildman–Crippen LogP) is 1.09. The van der Waals surface area contributed by atoms with Crippen LogP contribution in [-0.2, 0) is 27.3 Å². The number of nitrogens with one attached hydrogen (secondary N) is 1. The highest BCUT2D eigenvalue weighted by atomic mass is 16.2. The summed E-state index contributed by atoms with van der Waals surface area (Å²) in [5.41, 5.74) is 1.41. The van der Waals surface area contributed by atoms with Crippen LogP contribution >= 0.6 is 0 Å². The molecule has 1 N–H and O–H groups in total. The van der Waals surface area contributed by atoms with E-state index >= 15 is 0 Å². The Hall–Kier alpha value is -2.37. The van der Waals surface area contributed by atoms with Crippen molar-refractivity contribution in [2.24, 2.45) is 0 Å². The van der Waals surface area contributed by atoms with Gasteiger partial charge in [-0.05, 0) is 24.0 Å². The topological polar surface area (TPSA) is 69.7 Å². The monoisotopic (exact) mass is 343 g/mol. The van der Waals surface area contributed by atoms with Crippen LogP contribution in [0.25, 0.3) is 0 Å². The molecule has 6 heteroatoms. The molecule has 1 saturated heterocycles. The maximum absolute atomic E-state index is 13.5. The third kappa shape index (κ3) is 3.13. The quantitative estimate of drug-likeness (QED) is 0.893. The molecule has 1 aromatic rings. The van der Waals surface area contributed by atoms with Gasteiger partial charge in [0.2, 0.25) is 17.7 Å². The van der Waals surface area contributed by atoms with Crippen LogP contribution in [0.15, 0.2) is 24.3 Å². The van der Waals surface area contributed by atoms with Crippen LogP contribution in [0.2, 0.25) is 0 Å². The van der Waals surface area contributed by atoms with Gasteiger partial charge in [0, 0.05) is 46.4 Å². The molecule has 1 atom stereocenters. The van der Waals surface area contributed by atoms with Crippen molar-refractivity contribution < 1.29 is 14.4 Å². The SMILES string of the molecule is CNC(=O)CCN1Cc2ccccc2CC2(CCCN2C(C)=O)C1=O. The highest BCUT2D eigenvalue weighted by Gasteiger charge is 2.51. The summed E-state index contributed by atoms with van der Waals surface area (Å²) in [5.74, 6) is -0.175. The van der Waals surface area contributed by atoms with Gasteiger partial charge in [0.05, 0.1) is 0 Å². The molecule has 6 nitrogen and oxygen atoms in total. The Morgan fingerprint density at radius 2 is 1.96 bits per heavy atom. The van der Waals surface area contributed by atoms with Crippen molar-refractivity contribution in [2.75, 3.05) is 20.1 Å². The lowest BCUT2D eigenvalue weighted by atomic mass is 9.86. The van der Waals surface area contributed by atoms with E-state index in [9.17, 15) is 14.4 Å². The van der Waals surface area contributed by atoms with Crippen LogP contribution in [0.5, 0.6) is 0 Å². The zero-order chi connectivity index (χ0) is 18.0. The fourth-order valence-corrected chi connectivity index (χ4v) is 4.13. The highest BCUT2D eigenvalue weighted by Crippen LogP contribution is 2.38. The van der Waals surface area contributed by atoms with Crippen molar-refractivity contribution in [1.29, 1.82) is 0 Å². The molecule has 1 aromatic carbocycles. The van der Waals surface area contributed by atoms with Crippen molar-refractivity contribution in [1.82, 2.24) is 15.1 Å². The Labute approximate surface area is 148 Å². The number of hydrogen-bond acceptors (Lipinski definition) is 3. The van der Waals surface area contributed by atoms with Crippen LogP contribution < -0.4 is 5.32 Å². The van der Waals surface area contributed by atoms with E-state index in [1.165, 1.54) is 6.92 Å². The smallest absolute Gasteiger partial charge is 0.249 e. The van der Waals surface area contributed by atoms with Crippen molar-refractivity contribution in [3.05, 3.63) is 35.4 Å². The van der Waals surface area contributed by atoms with Gasteiger partial charge in [0.1, 0.15) is 5.54 Å². The van der Waals surface area contributed by atoms with Crippen LogP contribution in [0.1, 0.15) is 37.3 Å². The fraction of sp³-hybridized carbons (Fsp3) is 0.526. The Morgan fingerprint density at radius 3 is 2.64 bits per heavy atom. The summed E-state index contributed by atoms with van der Waals surface area (Å²) >= 11 is 0. The lowest BCUT2D eigenvalue weighted by molar-refractivity contribution is -0.150. The molecule has 1 fully saturated rings. The second kappa shape index (κ2) is 6.86. The molecule has 0 aliphatic carbocycles. The maximum Gasteiger partial charge on any atom is 0.249 e. The minimum absolute atomic E-state index is 0.0275. The standard InChI is InChI=1S/C19H25N3O3/c1-14(23)22-10-5-9-19(22)12-15-6-3-4-7-16(15)13-21(18(19)25)11-8-17(24)20-2/h3-4,6-7H,5,8-13H2,1-2H3,(H,20,24). The van der Waals surface area contributed by atoms with Crippen molar-refractivity contribution in [2.45, 2.75) is 44.7 Å². The lowest BCUT2D eigenvalue weighted by Crippen LogP contribution is -2.58. The summed E-state index contributed by atoms with van der Waals surface area (Å²) in [7, 11) is 1.60. The molecule has 2 aliphatic heterocycles. The minimum Gasteiger partial charge on any atom is -0.359 e. The van der Waals surface area contributed by atoms with Crippen LogP contribution in [-0.4, -0.2) is 53.2 Å². The zero-order valence-corrected chi connectivity index (χ0v) is 14.9. The van der Waals surface area contributed by atoms with Crippen LogP contribution in [0, 0.1) is 0 Å². The molecule has 0 radical (unpaired) electrons. The van der Waals surface area contributed by atoms with E-state index in [1.54, 1.807) is 16.8 Å². The number of carbonyl (C=O) groups is 3. The molecular weight excluding hydrogens is 318 g/mol. The molecule has 1 unspecified atom stereocenters. The van der Waals surface area contributed by atoms with Gasteiger partial charge in [0.15, 0.2) is 0 Å². The van der Waals surface area contributed by atoms with Gasteiger partial charge in [-0.3, -0.25) is 14.4 Å². The molecule has 0 aromatic heterocycles. The summed E-state index contributed by atoms with van der Waals surface area (Å²) < 4.78 is 0. The van der Waals surface area contributed by atoms with Crippen molar-refractivity contribution >= 4 is 17.7 Å². The molecule has 0 saturated carbocycles. The number of likely N-dealkylation sites (tertiary alicyclic amines) is 1. The molecule has 0 bridgehead atoms. The molecular formula is C19H25N3O3. The Kier molecular flexibility index (Phi) is 4.79. The molecule has 2 heterocycles. The first-order valence-corrected chi connectivity index (χ1v) is 8.83. The summed E-state index contributed by atoms with van der Waals surface area (Å²) in [5, 5.41) is 2.60. The maximum atomic E-state index is 13.5. The third-order valence-corrected chi connectivity index (χ3v) is 5.40. The van der Waals surface area contributed by atoms with Gasteiger partial charge in [-0.25, -0.2) is 0 Å². The number of hydrogen-bond donors (Lipinski definition) is 1. The minimum atomic E-state index is -0.804. The highest BCUT2D eigenvalue weighted by molar-refractivity contribution is 5.92. The van der Waals surface area contributed by atoms with Gasteiger partial charge in [-0.15, -0.1) is 0 Å². The molecule has 134 valence electrons. The molecule has 1 spiro atoms. The van der Waals surface area contributed by atoms with Gasteiger partial charge < -0.3 is 15.1 Å². The number of nitrogens with zero attached hydrogens (tertiary/aromatic N) is 2. The van der Waals surface area contributed by atoms with E-state index in [4.69, 9.17) is 0 Å². The second-order valence-corrected chi connectivity index (χ2v) is 6.90. The number of benzene rings is 1. The van der Waals surface area contributed by atoms with E-state index in [2.05, 4.69) is 5.32 Å². The first kappa shape index (κ1) is 17.5. The Balaban J connectivity index is 1.99. The largest absolute Gasteiger partial charge is 0.359 e. The van der Waals surface area contributed by atoms with Gasteiger partial charge >= 0.3 is 0 Å². The van der Waals surface area contributed by atoms with Crippen LogP contribution in [0.3, 0.4) is 0 Å². The number of fused-ring (bicyclic) bond motifs is 1. The van der Waals surface area contributed by atoms with E-state index in [1.807, 2.05) is 24.3 Å². The summed E-state index contributed by atoms with van der Waals surface area (Å²) in [6, 6.07) is 8.02. The summed E-state index contributed by atoms with van der Waals surface area (Å²) in [6.07, 6.45) is 2.33. The van der Waals surface area contributed by atoms with Crippen molar-refractivity contribution in [3.8, 4) is 0 Å². The average molecular weight is 343 g/mol. The van der Waals surface area contributed by atoms with Gasteiger partial charge in [0.25, 0.3) is 0 Å². The van der Waals surface area contributed by atoms with Crippen LogP contribution in [0.4, 0.5) is 0 Å². The van der Waals surface area contributed by atoms with E-state index in [0.29, 0.717) is 32.5 Å². The van der Waals surface area contributed by atoms with E-state index in [-0.39, 0.29) is 24.1 Å². The van der Waals surface area contributed by atoms with Gasteiger partial charge in [-0.2, -0.15) is 0 Å². The first-order chi connectivity index (χ1) is 12.0.